The van der Waals surface area contributed by atoms with Crippen LogP contribution in [0.15, 0.2) is 53.5 Å². The van der Waals surface area contributed by atoms with Gasteiger partial charge < -0.3 is 20.3 Å². The van der Waals surface area contributed by atoms with E-state index in [0.29, 0.717) is 45.4 Å². The molecular weight excluding hydrogens is 503 g/mol. The molecule has 0 saturated carbocycles. The molecule has 0 aromatic heterocycles. The van der Waals surface area contributed by atoms with Gasteiger partial charge in [-0.1, -0.05) is 54.1 Å². The largest absolute Gasteiger partial charge is 0.378 e. The summed E-state index contributed by atoms with van der Waals surface area (Å²) in [5.74, 6) is 0.538. The first-order chi connectivity index (χ1) is 14.6. The molecule has 3 rings (SSSR count). The van der Waals surface area contributed by atoms with Crippen molar-refractivity contribution < 1.29 is 9.53 Å². The van der Waals surface area contributed by atoms with Crippen LogP contribution in [0.25, 0.3) is 0 Å². The number of amides is 1. The fourth-order valence-electron chi connectivity index (χ4n) is 3.68. The Balaban J connectivity index is 0.00000341. The van der Waals surface area contributed by atoms with Crippen molar-refractivity contribution in [3.63, 3.8) is 0 Å². The fourth-order valence-corrected chi connectivity index (χ4v) is 3.68. The summed E-state index contributed by atoms with van der Waals surface area (Å²) in [6, 6.07) is 16.4. The molecule has 168 valence electrons. The molecule has 1 aliphatic rings. The third kappa shape index (κ3) is 7.21. The summed E-state index contributed by atoms with van der Waals surface area (Å²) in [4.78, 5) is 19.5. The quantitative estimate of drug-likeness (QED) is 0.338. The fraction of sp³-hybridized carbons (Fsp3) is 0.417. The Bertz CT molecular complexity index is 867. The Labute approximate surface area is 202 Å². The molecule has 1 saturated heterocycles. The summed E-state index contributed by atoms with van der Waals surface area (Å²) in [6.07, 6.45) is 0. The Morgan fingerprint density at radius 1 is 1.10 bits per heavy atom. The number of aryl methyl sites for hydroxylation is 2. The molecule has 6 nitrogen and oxygen atoms in total. The molecule has 2 aromatic rings. The van der Waals surface area contributed by atoms with Crippen LogP contribution in [0.3, 0.4) is 0 Å². The number of guanidine groups is 1. The van der Waals surface area contributed by atoms with E-state index in [1.807, 2.05) is 35.2 Å². The topological polar surface area (TPSA) is 66.0 Å². The second-order valence-electron chi connectivity index (χ2n) is 7.64. The highest BCUT2D eigenvalue weighted by atomic mass is 127. The van der Waals surface area contributed by atoms with Gasteiger partial charge in [0.2, 0.25) is 5.91 Å². The van der Waals surface area contributed by atoms with Crippen molar-refractivity contribution >= 4 is 35.8 Å². The number of nitrogens with zero attached hydrogens (tertiary/aromatic N) is 2. The van der Waals surface area contributed by atoms with E-state index in [4.69, 9.17) is 4.74 Å². The van der Waals surface area contributed by atoms with Crippen LogP contribution >= 0.6 is 24.0 Å². The zero-order valence-corrected chi connectivity index (χ0v) is 20.9. The van der Waals surface area contributed by atoms with Crippen molar-refractivity contribution in [2.24, 2.45) is 4.99 Å². The van der Waals surface area contributed by atoms with Gasteiger partial charge in [-0.2, -0.15) is 0 Å². The number of carbonyl (C=O) groups is 1. The number of aliphatic imine (C=N–C) groups is 1. The summed E-state index contributed by atoms with van der Waals surface area (Å²) in [5.41, 5.74) is 4.74. The van der Waals surface area contributed by atoms with Gasteiger partial charge in [0.1, 0.15) is 0 Å². The van der Waals surface area contributed by atoms with Crippen molar-refractivity contribution in [3.05, 3.63) is 70.8 Å². The number of hydrogen-bond donors (Lipinski definition) is 2. The third-order valence-electron chi connectivity index (χ3n) is 5.46. The second-order valence-corrected chi connectivity index (χ2v) is 7.64. The van der Waals surface area contributed by atoms with Gasteiger partial charge in [-0.05, 0) is 30.5 Å². The number of nitrogens with one attached hydrogen (secondary N) is 2. The van der Waals surface area contributed by atoms with Crippen molar-refractivity contribution in [1.82, 2.24) is 15.5 Å². The smallest absolute Gasteiger partial charge is 0.232 e. The van der Waals surface area contributed by atoms with E-state index in [-0.39, 0.29) is 35.8 Å². The minimum atomic E-state index is -0.274. The molecule has 0 bridgehead atoms. The van der Waals surface area contributed by atoms with E-state index >= 15 is 0 Å². The summed E-state index contributed by atoms with van der Waals surface area (Å²) in [7, 11) is 1.75. The summed E-state index contributed by atoms with van der Waals surface area (Å²) in [6.45, 7) is 7.85. The van der Waals surface area contributed by atoms with Crippen LogP contribution in [0.4, 0.5) is 0 Å². The molecule has 0 aliphatic carbocycles. The maximum Gasteiger partial charge on any atom is 0.232 e. The molecule has 2 aromatic carbocycles. The van der Waals surface area contributed by atoms with E-state index in [9.17, 15) is 4.79 Å². The lowest BCUT2D eigenvalue weighted by atomic mass is 9.97. The molecule has 1 unspecified atom stereocenters. The molecule has 7 heteroatoms. The van der Waals surface area contributed by atoms with Crippen LogP contribution < -0.4 is 10.6 Å². The van der Waals surface area contributed by atoms with E-state index in [0.717, 1.165) is 5.56 Å². The van der Waals surface area contributed by atoms with Crippen LogP contribution in [0.2, 0.25) is 0 Å². The lowest BCUT2D eigenvalue weighted by molar-refractivity contribution is -0.136. The van der Waals surface area contributed by atoms with Crippen LogP contribution in [0.1, 0.15) is 28.2 Å². The predicted octanol–water partition coefficient (Wildman–Crippen LogP) is 3.23. The number of benzene rings is 2. The molecule has 2 N–H and O–H groups in total. The van der Waals surface area contributed by atoms with E-state index in [2.05, 4.69) is 47.7 Å². The molecule has 31 heavy (non-hydrogen) atoms. The first-order valence-corrected chi connectivity index (χ1v) is 10.5. The maximum absolute atomic E-state index is 13.2. The monoisotopic (exact) mass is 536 g/mol. The predicted molar refractivity (Wildman–Crippen MR) is 136 cm³/mol. The lowest BCUT2D eigenvalue weighted by Crippen LogP contribution is -2.47. The summed E-state index contributed by atoms with van der Waals surface area (Å²) < 4.78 is 5.40. The molecule has 1 heterocycles. The Morgan fingerprint density at radius 2 is 1.81 bits per heavy atom. The van der Waals surface area contributed by atoms with Crippen LogP contribution in [0.5, 0.6) is 0 Å². The minimum Gasteiger partial charge on any atom is -0.378 e. The molecule has 1 aliphatic heterocycles. The van der Waals surface area contributed by atoms with Crippen molar-refractivity contribution in [3.8, 4) is 0 Å². The second kappa shape index (κ2) is 12.7. The van der Waals surface area contributed by atoms with Gasteiger partial charge in [0.05, 0.1) is 19.1 Å². The Kier molecular flexibility index (Phi) is 10.3. The molecular formula is C24H33IN4O2. The number of hydrogen-bond acceptors (Lipinski definition) is 3. The highest BCUT2D eigenvalue weighted by molar-refractivity contribution is 14.0. The number of morpholine rings is 1. The lowest BCUT2D eigenvalue weighted by Gasteiger charge is -2.31. The number of rotatable bonds is 6. The van der Waals surface area contributed by atoms with E-state index in [1.165, 1.54) is 16.7 Å². The number of carbonyl (C=O) groups excluding carboxylic acids is 1. The van der Waals surface area contributed by atoms with Crippen molar-refractivity contribution in [2.75, 3.05) is 39.9 Å². The van der Waals surface area contributed by atoms with Gasteiger partial charge >= 0.3 is 0 Å². The summed E-state index contributed by atoms with van der Waals surface area (Å²) in [5, 5.41) is 6.71. The normalized spacial score (nSPS) is 15.1. The van der Waals surface area contributed by atoms with Gasteiger partial charge in [0.25, 0.3) is 0 Å². The maximum atomic E-state index is 13.2. The SMILES string of the molecule is CN=C(NCc1ccc(C)cc1C)NCC(C(=O)N1CCOCC1)c1ccccc1.I. The molecule has 1 atom stereocenters. The van der Waals surface area contributed by atoms with Crippen LogP contribution in [-0.4, -0.2) is 56.7 Å². The zero-order valence-electron chi connectivity index (χ0n) is 18.6. The highest BCUT2D eigenvalue weighted by Crippen LogP contribution is 2.19. The standard InChI is InChI=1S/C24H32N4O2.HI/c1-18-9-10-21(19(2)15-18)16-26-24(25-3)27-17-22(20-7-5-4-6-8-20)23(29)28-11-13-30-14-12-28;/h4-10,15,22H,11-14,16-17H2,1-3H3,(H2,25,26,27);1H. The van der Waals surface area contributed by atoms with Crippen LogP contribution in [-0.2, 0) is 16.1 Å². The Hall–Kier alpha value is -2.13. The van der Waals surface area contributed by atoms with Gasteiger partial charge in [0.15, 0.2) is 5.96 Å². The number of halogens is 1. The zero-order chi connectivity index (χ0) is 21.3. The van der Waals surface area contributed by atoms with Gasteiger partial charge in [-0.25, -0.2) is 0 Å². The molecule has 0 radical (unpaired) electrons. The average Bonchev–Trinajstić information content (AvgIpc) is 2.78. The average molecular weight is 536 g/mol. The summed E-state index contributed by atoms with van der Waals surface area (Å²) >= 11 is 0. The molecule has 1 fully saturated rings. The van der Waals surface area contributed by atoms with Gasteiger partial charge in [-0.15, -0.1) is 24.0 Å². The van der Waals surface area contributed by atoms with Crippen molar-refractivity contribution in [1.29, 1.82) is 0 Å². The van der Waals surface area contributed by atoms with Gasteiger partial charge in [0, 0.05) is 33.2 Å². The van der Waals surface area contributed by atoms with Crippen molar-refractivity contribution in [2.45, 2.75) is 26.3 Å². The van der Waals surface area contributed by atoms with Crippen LogP contribution in [0, 0.1) is 13.8 Å². The molecule has 1 amide bonds. The first kappa shape index (κ1) is 25.1. The number of ether oxygens (including phenoxy) is 1. The van der Waals surface area contributed by atoms with E-state index < -0.39 is 0 Å². The Morgan fingerprint density at radius 3 is 2.45 bits per heavy atom. The highest BCUT2D eigenvalue weighted by Gasteiger charge is 2.27. The molecule has 0 spiro atoms. The van der Waals surface area contributed by atoms with Gasteiger partial charge in [-0.3, -0.25) is 9.79 Å². The first-order valence-electron chi connectivity index (χ1n) is 10.5. The third-order valence-corrected chi connectivity index (χ3v) is 5.46. The van der Waals surface area contributed by atoms with E-state index in [1.54, 1.807) is 7.05 Å². The minimum absolute atomic E-state index is 0.